The van der Waals surface area contributed by atoms with E-state index in [2.05, 4.69) is 56.2 Å². The molecule has 2 aromatic rings. The Morgan fingerprint density at radius 3 is 2.42 bits per heavy atom. The van der Waals surface area contributed by atoms with E-state index in [9.17, 15) is 4.39 Å². The van der Waals surface area contributed by atoms with Crippen molar-refractivity contribution in [2.75, 3.05) is 0 Å². The number of benzene rings is 2. The molecule has 2 aromatic carbocycles. The molecule has 1 N–H and O–H groups in total. The van der Waals surface area contributed by atoms with Gasteiger partial charge in [-0.3, -0.25) is 0 Å². The van der Waals surface area contributed by atoms with Gasteiger partial charge in [-0.15, -0.1) is 0 Å². The van der Waals surface area contributed by atoms with Crippen molar-refractivity contribution >= 4 is 31.9 Å². The van der Waals surface area contributed by atoms with Crippen molar-refractivity contribution in [3.05, 3.63) is 68.4 Å². The normalized spacial score (nSPS) is 12.4. The van der Waals surface area contributed by atoms with Crippen LogP contribution in [0, 0.1) is 5.82 Å². The molecule has 100 valence electrons. The zero-order valence-corrected chi connectivity index (χ0v) is 13.6. The lowest BCUT2D eigenvalue weighted by Gasteiger charge is -2.14. The molecule has 0 aliphatic carbocycles. The van der Waals surface area contributed by atoms with Gasteiger partial charge in [-0.1, -0.05) is 34.1 Å². The highest BCUT2D eigenvalue weighted by molar-refractivity contribution is 9.10. The van der Waals surface area contributed by atoms with E-state index in [1.165, 1.54) is 5.56 Å². The maximum Gasteiger partial charge on any atom is 0.137 e. The molecule has 0 heterocycles. The van der Waals surface area contributed by atoms with Gasteiger partial charge in [0.2, 0.25) is 0 Å². The summed E-state index contributed by atoms with van der Waals surface area (Å²) in [6, 6.07) is 13.6. The molecular weight excluding hydrogens is 373 g/mol. The first-order valence-electron chi connectivity index (χ1n) is 5.99. The van der Waals surface area contributed by atoms with E-state index in [-0.39, 0.29) is 11.9 Å². The van der Waals surface area contributed by atoms with Crippen molar-refractivity contribution < 1.29 is 4.39 Å². The lowest BCUT2D eigenvalue weighted by atomic mass is 10.1. The molecule has 0 unspecified atom stereocenters. The molecule has 19 heavy (non-hydrogen) atoms. The standard InChI is InChI=1S/C15H14Br2FN/c1-10(12-3-5-13(16)6-4-12)19-9-11-2-7-14(17)15(18)8-11/h2-8,10,19H,9H2,1H3/t10-/m0/s1. The molecule has 1 atom stereocenters. The fraction of sp³-hybridized carbons (Fsp3) is 0.200. The first-order valence-corrected chi connectivity index (χ1v) is 7.57. The predicted octanol–water partition coefficient (Wildman–Crippen LogP) is 5.20. The first-order chi connectivity index (χ1) is 9.06. The second-order valence-corrected chi connectivity index (χ2v) is 6.17. The number of hydrogen-bond donors (Lipinski definition) is 1. The van der Waals surface area contributed by atoms with E-state index in [1.807, 2.05) is 18.2 Å². The molecule has 4 heteroatoms. The summed E-state index contributed by atoms with van der Waals surface area (Å²) in [7, 11) is 0. The highest BCUT2D eigenvalue weighted by Crippen LogP contribution is 2.19. The van der Waals surface area contributed by atoms with Gasteiger partial charge in [0.25, 0.3) is 0 Å². The van der Waals surface area contributed by atoms with Crippen molar-refractivity contribution in [3.63, 3.8) is 0 Å². The Labute approximate surface area is 129 Å². The molecule has 0 aliphatic rings. The minimum Gasteiger partial charge on any atom is -0.306 e. The van der Waals surface area contributed by atoms with Crippen LogP contribution < -0.4 is 5.32 Å². The average molecular weight is 387 g/mol. The SMILES string of the molecule is C[C@H](NCc1ccc(Br)c(F)c1)c1ccc(Br)cc1. The first kappa shape index (κ1) is 14.7. The fourth-order valence-corrected chi connectivity index (χ4v) is 2.30. The highest BCUT2D eigenvalue weighted by Gasteiger charge is 2.06. The Bertz CT molecular complexity index is 555. The summed E-state index contributed by atoms with van der Waals surface area (Å²) >= 11 is 6.57. The number of rotatable bonds is 4. The van der Waals surface area contributed by atoms with Crippen LogP contribution in [0.3, 0.4) is 0 Å². The zero-order chi connectivity index (χ0) is 13.8. The van der Waals surface area contributed by atoms with E-state index >= 15 is 0 Å². The van der Waals surface area contributed by atoms with Crippen molar-refractivity contribution in [1.82, 2.24) is 5.32 Å². The summed E-state index contributed by atoms with van der Waals surface area (Å²) in [5.74, 6) is -0.226. The maximum atomic E-state index is 13.4. The van der Waals surface area contributed by atoms with Gasteiger partial charge < -0.3 is 5.32 Å². The molecule has 0 amide bonds. The zero-order valence-electron chi connectivity index (χ0n) is 10.5. The van der Waals surface area contributed by atoms with Crippen LogP contribution in [-0.4, -0.2) is 0 Å². The van der Waals surface area contributed by atoms with Gasteiger partial charge in [-0.2, -0.15) is 0 Å². The van der Waals surface area contributed by atoms with Crippen LogP contribution >= 0.6 is 31.9 Å². The van der Waals surface area contributed by atoms with E-state index < -0.39 is 0 Å². The summed E-state index contributed by atoms with van der Waals surface area (Å²) in [6.07, 6.45) is 0. The Hall–Kier alpha value is -0.710. The number of nitrogens with one attached hydrogen (secondary N) is 1. The van der Waals surface area contributed by atoms with Crippen LogP contribution in [0.1, 0.15) is 24.1 Å². The molecule has 0 fully saturated rings. The third-order valence-electron chi connectivity index (χ3n) is 2.97. The summed E-state index contributed by atoms with van der Waals surface area (Å²) in [6.45, 7) is 2.74. The minimum atomic E-state index is -0.226. The third-order valence-corrected chi connectivity index (χ3v) is 4.14. The topological polar surface area (TPSA) is 12.0 Å². The number of halogens is 3. The van der Waals surface area contributed by atoms with Crippen molar-refractivity contribution in [1.29, 1.82) is 0 Å². The minimum absolute atomic E-state index is 0.222. The Morgan fingerprint density at radius 1 is 1.11 bits per heavy atom. The lowest BCUT2D eigenvalue weighted by Crippen LogP contribution is -2.18. The van der Waals surface area contributed by atoms with Crippen LogP contribution in [-0.2, 0) is 6.54 Å². The molecule has 0 spiro atoms. The number of hydrogen-bond acceptors (Lipinski definition) is 1. The fourth-order valence-electron chi connectivity index (χ4n) is 1.79. The van der Waals surface area contributed by atoms with E-state index in [0.717, 1.165) is 10.0 Å². The van der Waals surface area contributed by atoms with Gasteiger partial charge in [0, 0.05) is 17.1 Å². The molecule has 0 aliphatic heterocycles. The van der Waals surface area contributed by atoms with Gasteiger partial charge in [0.1, 0.15) is 5.82 Å². The molecule has 0 saturated heterocycles. The Kier molecular flexibility index (Phi) is 5.13. The van der Waals surface area contributed by atoms with Gasteiger partial charge in [-0.05, 0) is 58.2 Å². The van der Waals surface area contributed by atoms with Crippen LogP contribution in [0.15, 0.2) is 51.4 Å². The molecule has 0 aromatic heterocycles. The Balaban J connectivity index is 1.98. The summed E-state index contributed by atoms with van der Waals surface area (Å²) in [5.41, 5.74) is 2.14. The Morgan fingerprint density at radius 2 is 1.79 bits per heavy atom. The van der Waals surface area contributed by atoms with Gasteiger partial charge in [0.15, 0.2) is 0 Å². The van der Waals surface area contributed by atoms with Crippen LogP contribution in [0.2, 0.25) is 0 Å². The highest BCUT2D eigenvalue weighted by atomic mass is 79.9. The van der Waals surface area contributed by atoms with E-state index in [1.54, 1.807) is 12.1 Å². The quantitative estimate of drug-likeness (QED) is 0.761. The molecule has 0 saturated carbocycles. The molecule has 0 bridgehead atoms. The van der Waals surface area contributed by atoms with Crippen LogP contribution in [0.4, 0.5) is 4.39 Å². The summed E-state index contributed by atoms with van der Waals surface area (Å²) in [5, 5.41) is 3.38. The molecule has 1 nitrogen and oxygen atoms in total. The second-order valence-electron chi connectivity index (χ2n) is 4.40. The molecular formula is C15H14Br2FN. The van der Waals surface area contributed by atoms with E-state index in [0.29, 0.717) is 11.0 Å². The van der Waals surface area contributed by atoms with Crippen LogP contribution in [0.25, 0.3) is 0 Å². The smallest absolute Gasteiger partial charge is 0.137 e. The monoisotopic (exact) mass is 385 g/mol. The average Bonchev–Trinajstić information content (AvgIpc) is 2.40. The van der Waals surface area contributed by atoms with Crippen molar-refractivity contribution in [2.24, 2.45) is 0 Å². The van der Waals surface area contributed by atoms with Gasteiger partial charge in [-0.25, -0.2) is 4.39 Å². The summed E-state index contributed by atoms with van der Waals surface area (Å²) < 4.78 is 15.0. The largest absolute Gasteiger partial charge is 0.306 e. The predicted molar refractivity (Wildman–Crippen MR) is 83.5 cm³/mol. The maximum absolute atomic E-state index is 13.4. The van der Waals surface area contributed by atoms with Gasteiger partial charge in [0.05, 0.1) is 4.47 Å². The van der Waals surface area contributed by atoms with Crippen molar-refractivity contribution in [3.8, 4) is 0 Å². The third kappa shape index (κ3) is 4.13. The molecule has 2 rings (SSSR count). The van der Waals surface area contributed by atoms with Crippen molar-refractivity contribution in [2.45, 2.75) is 19.5 Å². The van der Waals surface area contributed by atoms with E-state index in [4.69, 9.17) is 0 Å². The molecule has 0 radical (unpaired) electrons. The second kappa shape index (κ2) is 6.64. The van der Waals surface area contributed by atoms with Gasteiger partial charge >= 0.3 is 0 Å². The lowest BCUT2D eigenvalue weighted by molar-refractivity contribution is 0.568. The van der Waals surface area contributed by atoms with Crippen LogP contribution in [0.5, 0.6) is 0 Å². The summed E-state index contributed by atoms with van der Waals surface area (Å²) in [4.78, 5) is 0.